The van der Waals surface area contributed by atoms with Crippen LogP contribution in [0.2, 0.25) is 5.02 Å². The van der Waals surface area contributed by atoms with E-state index in [2.05, 4.69) is 0 Å². The third kappa shape index (κ3) is 1.47. The van der Waals surface area contributed by atoms with E-state index in [9.17, 15) is 0 Å². The number of methoxy groups -OCH3 is 1. The first-order valence-electron chi connectivity index (χ1n) is 3.42. The van der Waals surface area contributed by atoms with Crippen molar-refractivity contribution in [1.82, 2.24) is 0 Å². The molecule has 0 amide bonds. The van der Waals surface area contributed by atoms with E-state index in [0.717, 1.165) is 0 Å². The number of benzene rings is 1. The minimum atomic E-state index is -0.179. The Morgan fingerprint density at radius 3 is 2.75 bits per heavy atom. The monoisotopic (exact) mass is 187 g/mol. The maximum absolute atomic E-state index is 8.90. The summed E-state index contributed by atoms with van der Waals surface area (Å²) >= 11 is 5.76. The molecule has 0 saturated carbocycles. The zero-order chi connectivity index (χ0) is 9.14. The van der Waals surface area contributed by atoms with E-state index < -0.39 is 0 Å². The Bertz CT molecular complexity index is 289. The Labute approximate surface area is 75.7 Å². The second-order valence-corrected chi connectivity index (χ2v) is 2.71. The fourth-order valence-corrected chi connectivity index (χ4v) is 1.18. The van der Waals surface area contributed by atoms with Crippen LogP contribution in [-0.2, 0) is 6.61 Å². The van der Waals surface area contributed by atoms with Crippen molar-refractivity contribution in [2.45, 2.75) is 6.61 Å². The molecule has 3 N–H and O–H groups in total. The van der Waals surface area contributed by atoms with Crippen molar-refractivity contribution in [3.05, 3.63) is 22.7 Å². The molecule has 0 saturated heterocycles. The molecule has 0 spiro atoms. The number of aliphatic hydroxyl groups excluding tert-OH is 1. The van der Waals surface area contributed by atoms with Crippen LogP contribution < -0.4 is 10.5 Å². The van der Waals surface area contributed by atoms with Crippen LogP contribution in [0.15, 0.2) is 12.1 Å². The van der Waals surface area contributed by atoms with Gasteiger partial charge in [0.05, 0.1) is 19.4 Å². The molecule has 0 heterocycles. The lowest BCUT2D eigenvalue weighted by molar-refractivity contribution is 0.282. The molecule has 3 nitrogen and oxygen atoms in total. The van der Waals surface area contributed by atoms with Crippen molar-refractivity contribution in [2.75, 3.05) is 12.8 Å². The number of hydrogen-bond donors (Lipinski definition) is 2. The zero-order valence-corrected chi connectivity index (χ0v) is 7.43. The van der Waals surface area contributed by atoms with Crippen molar-refractivity contribution in [2.24, 2.45) is 0 Å². The Hall–Kier alpha value is -0.930. The van der Waals surface area contributed by atoms with E-state index in [1.54, 1.807) is 12.1 Å². The SMILES string of the molecule is COc1ccc(Cl)c(CO)c1N. The lowest BCUT2D eigenvalue weighted by atomic mass is 10.2. The van der Waals surface area contributed by atoms with Gasteiger partial charge in [-0.3, -0.25) is 0 Å². The summed E-state index contributed by atoms with van der Waals surface area (Å²) in [6, 6.07) is 3.30. The average molecular weight is 188 g/mol. The lowest BCUT2D eigenvalue weighted by Gasteiger charge is -2.09. The highest BCUT2D eigenvalue weighted by Crippen LogP contribution is 2.30. The molecule has 0 aliphatic rings. The van der Waals surface area contributed by atoms with Gasteiger partial charge in [-0.1, -0.05) is 11.6 Å². The molecule has 0 bridgehead atoms. The van der Waals surface area contributed by atoms with Gasteiger partial charge >= 0.3 is 0 Å². The van der Waals surface area contributed by atoms with E-state index in [1.807, 2.05) is 0 Å². The molecule has 0 radical (unpaired) electrons. The lowest BCUT2D eigenvalue weighted by Crippen LogP contribution is -1.98. The molecule has 66 valence electrons. The normalized spacial score (nSPS) is 9.92. The van der Waals surface area contributed by atoms with Gasteiger partial charge in [0.15, 0.2) is 0 Å². The number of halogens is 1. The summed E-state index contributed by atoms with van der Waals surface area (Å²) in [6.07, 6.45) is 0. The molecule has 1 aromatic carbocycles. The summed E-state index contributed by atoms with van der Waals surface area (Å²) in [7, 11) is 1.51. The second kappa shape index (κ2) is 3.65. The highest BCUT2D eigenvalue weighted by molar-refractivity contribution is 6.31. The van der Waals surface area contributed by atoms with Gasteiger partial charge in [0.25, 0.3) is 0 Å². The van der Waals surface area contributed by atoms with Gasteiger partial charge in [0.2, 0.25) is 0 Å². The standard InChI is InChI=1S/C8H10ClNO2/c1-12-7-3-2-6(9)5(4-11)8(7)10/h2-3,11H,4,10H2,1H3. The number of anilines is 1. The van der Waals surface area contributed by atoms with Gasteiger partial charge in [0.1, 0.15) is 5.75 Å². The second-order valence-electron chi connectivity index (χ2n) is 2.30. The first kappa shape index (κ1) is 9.16. The first-order chi connectivity index (χ1) is 5.70. The van der Waals surface area contributed by atoms with Crippen LogP contribution in [0.4, 0.5) is 5.69 Å². The van der Waals surface area contributed by atoms with E-state index in [4.69, 9.17) is 27.2 Å². The predicted molar refractivity (Wildman–Crippen MR) is 48.3 cm³/mol. The van der Waals surface area contributed by atoms with Crippen molar-refractivity contribution in [3.63, 3.8) is 0 Å². The molecule has 0 atom stereocenters. The number of nitrogens with two attached hydrogens (primary N) is 1. The van der Waals surface area contributed by atoms with Gasteiger partial charge in [-0.2, -0.15) is 0 Å². The smallest absolute Gasteiger partial charge is 0.142 e. The summed E-state index contributed by atoms with van der Waals surface area (Å²) < 4.78 is 4.95. The minimum absolute atomic E-state index is 0.179. The topological polar surface area (TPSA) is 55.5 Å². The van der Waals surface area contributed by atoms with Crippen LogP contribution in [-0.4, -0.2) is 12.2 Å². The van der Waals surface area contributed by atoms with Crippen LogP contribution in [0.5, 0.6) is 5.75 Å². The van der Waals surface area contributed by atoms with Gasteiger partial charge in [0, 0.05) is 10.6 Å². The molecule has 1 aromatic rings. The summed E-state index contributed by atoms with van der Waals surface area (Å²) in [5, 5.41) is 9.35. The summed E-state index contributed by atoms with van der Waals surface area (Å²) in [6.45, 7) is -0.179. The van der Waals surface area contributed by atoms with E-state index >= 15 is 0 Å². The maximum atomic E-state index is 8.90. The molecule has 0 aromatic heterocycles. The Balaban J connectivity index is 3.24. The molecular formula is C8H10ClNO2. The van der Waals surface area contributed by atoms with Crippen LogP contribution in [0.25, 0.3) is 0 Å². The molecule has 0 unspecified atom stereocenters. The van der Waals surface area contributed by atoms with Crippen LogP contribution in [0.1, 0.15) is 5.56 Å². The number of aliphatic hydroxyl groups is 1. The first-order valence-corrected chi connectivity index (χ1v) is 3.80. The molecule has 0 aliphatic heterocycles. The predicted octanol–water partition coefficient (Wildman–Crippen LogP) is 1.42. The van der Waals surface area contributed by atoms with Crippen molar-refractivity contribution < 1.29 is 9.84 Å². The Morgan fingerprint density at radius 2 is 2.25 bits per heavy atom. The Kier molecular flexibility index (Phi) is 2.78. The maximum Gasteiger partial charge on any atom is 0.142 e. The quantitative estimate of drug-likeness (QED) is 0.689. The van der Waals surface area contributed by atoms with Crippen molar-refractivity contribution >= 4 is 17.3 Å². The molecule has 12 heavy (non-hydrogen) atoms. The third-order valence-corrected chi connectivity index (χ3v) is 1.99. The fourth-order valence-electron chi connectivity index (χ4n) is 0.955. The minimum Gasteiger partial charge on any atom is -0.495 e. The third-order valence-electron chi connectivity index (χ3n) is 1.64. The molecular weight excluding hydrogens is 178 g/mol. The molecule has 4 heteroatoms. The van der Waals surface area contributed by atoms with Gasteiger partial charge in [-0.15, -0.1) is 0 Å². The Morgan fingerprint density at radius 1 is 1.58 bits per heavy atom. The van der Waals surface area contributed by atoms with Crippen LogP contribution >= 0.6 is 11.6 Å². The fraction of sp³-hybridized carbons (Fsp3) is 0.250. The van der Waals surface area contributed by atoms with Crippen molar-refractivity contribution in [1.29, 1.82) is 0 Å². The number of hydrogen-bond acceptors (Lipinski definition) is 3. The number of rotatable bonds is 2. The summed E-state index contributed by atoms with van der Waals surface area (Å²) in [4.78, 5) is 0. The van der Waals surface area contributed by atoms with E-state index in [1.165, 1.54) is 7.11 Å². The van der Waals surface area contributed by atoms with E-state index in [-0.39, 0.29) is 6.61 Å². The average Bonchev–Trinajstić information content (AvgIpc) is 2.06. The highest BCUT2D eigenvalue weighted by atomic mass is 35.5. The number of nitrogen functional groups attached to an aromatic ring is 1. The highest BCUT2D eigenvalue weighted by Gasteiger charge is 2.08. The van der Waals surface area contributed by atoms with Crippen molar-refractivity contribution in [3.8, 4) is 5.75 Å². The molecule has 0 fully saturated rings. The molecule has 0 aliphatic carbocycles. The number of ether oxygens (including phenoxy) is 1. The van der Waals surface area contributed by atoms with Gasteiger partial charge in [-0.25, -0.2) is 0 Å². The van der Waals surface area contributed by atoms with E-state index in [0.29, 0.717) is 22.0 Å². The summed E-state index contributed by atoms with van der Waals surface area (Å²) in [5.74, 6) is 0.531. The zero-order valence-electron chi connectivity index (χ0n) is 6.67. The molecule has 1 rings (SSSR count). The van der Waals surface area contributed by atoms with Gasteiger partial charge < -0.3 is 15.6 Å². The summed E-state index contributed by atoms with van der Waals surface area (Å²) in [5.41, 5.74) is 6.54. The van der Waals surface area contributed by atoms with Crippen LogP contribution in [0.3, 0.4) is 0 Å². The largest absolute Gasteiger partial charge is 0.495 e. The van der Waals surface area contributed by atoms with Crippen LogP contribution in [0, 0.1) is 0 Å². The van der Waals surface area contributed by atoms with Gasteiger partial charge in [-0.05, 0) is 12.1 Å².